The Balaban J connectivity index is 1.95. The van der Waals surface area contributed by atoms with Crippen LogP contribution >= 0.6 is 0 Å². The number of rotatable bonds is 7. The lowest BCUT2D eigenvalue weighted by Gasteiger charge is -2.26. The molecule has 21 heavy (non-hydrogen) atoms. The van der Waals surface area contributed by atoms with Crippen molar-refractivity contribution in [2.24, 2.45) is 0 Å². The van der Waals surface area contributed by atoms with Crippen LogP contribution < -0.4 is 10.1 Å². The molecular weight excluding hydrogens is 292 g/mol. The van der Waals surface area contributed by atoms with E-state index >= 15 is 0 Å². The molecule has 0 bridgehead atoms. The summed E-state index contributed by atoms with van der Waals surface area (Å²) < 4.78 is 29.6. The fourth-order valence-electron chi connectivity index (χ4n) is 1.96. The van der Waals surface area contributed by atoms with E-state index < -0.39 is 10.0 Å². The van der Waals surface area contributed by atoms with Gasteiger partial charge >= 0.3 is 0 Å². The zero-order valence-electron chi connectivity index (χ0n) is 12.2. The molecule has 0 spiro atoms. The highest BCUT2D eigenvalue weighted by molar-refractivity contribution is 7.89. The minimum atomic E-state index is -3.61. The van der Waals surface area contributed by atoms with Crippen molar-refractivity contribution < 1.29 is 13.2 Å². The molecular formula is C13H22N4O3S. The number of sulfonamides is 1. The molecule has 1 aliphatic rings. The van der Waals surface area contributed by atoms with Gasteiger partial charge in [-0.25, -0.2) is 18.4 Å². The number of hydrazine groups is 1. The lowest BCUT2D eigenvalue weighted by atomic mass is 10.3. The van der Waals surface area contributed by atoms with Crippen LogP contribution in [0.15, 0.2) is 23.4 Å². The standard InChI is InChI=1S/C13H22N4O3S/c1-2-5-14-10-12-3-4-13(15-11-12)21(18,19)16-17-6-8-20-9-7-17/h3-4,11,14,16H,2,5-10H2,1H3. The Morgan fingerprint density at radius 3 is 2.71 bits per heavy atom. The number of pyridine rings is 1. The highest BCUT2D eigenvalue weighted by Gasteiger charge is 2.21. The van der Waals surface area contributed by atoms with Crippen molar-refractivity contribution in [3.63, 3.8) is 0 Å². The number of hydrogen-bond donors (Lipinski definition) is 2. The SMILES string of the molecule is CCCNCc1ccc(S(=O)(=O)NN2CCOCC2)nc1. The van der Waals surface area contributed by atoms with E-state index in [4.69, 9.17) is 4.74 Å². The van der Waals surface area contributed by atoms with E-state index in [1.807, 2.05) is 0 Å². The number of morpholine rings is 1. The molecule has 8 heteroatoms. The van der Waals surface area contributed by atoms with Crippen molar-refractivity contribution in [1.82, 2.24) is 20.1 Å². The molecule has 0 aliphatic carbocycles. The Labute approximate surface area is 125 Å². The van der Waals surface area contributed by atoms with E-state index in [-0.39, 0.29) is 5.03 Å². The summed E-state index contributed by atoms with van der Waals surface area (Å²) in [5.74, 6) is 0. The summed E-state index contributed by atoms with van der Waals surface area (Å²) in [4.78, 5) is 6.58. The maximum absolute atomic E-state index is 12.2. The van der Waals surface area contributed by atoms with Gasteiger partial charge < -0.3 is 10.1 Å². The predicted octanol–water partition coefficient (Wildman–Crippen LogP) is 0.107. The minimum absolute atomic E-state index is 0.0354. The monoisotopic (exact) mass is 314 g/mol. The number of nitrogens with zero attached hydrogens (tertiary/aromatic N) is 2. The molecule has 1 aromatic rings. The third-order valence-electron chi connectivity index (χ3n) is 3.09. The second-order valence-electron chi connectivity index (χ2n) is 4.88. The Hall–Kier alpha value is -1.06. The van der Waals surface area contributed by atoms with E-state index in [1.54, 1.807) is 17.3 Å². The molecule has 0 unspecified atom stereocenters. The van der Waals surface area contributed by atoms with Gasteiger partial charge in [0.25, 0.3) is 10.0 Å². The van der Waals surface area contributed by atoms with Crippen LogP contribution in [0.1, 0.15) is 18.9 Å². The second-order valence-corrected chi connectivity index (χ2v) is 6.48. The molecule has 118 valence electrons. The van der Waals surface area contributed by atoms with Gasteiger partial charge in [-0.05, 0) is 24.6 Å². The first-order chi connectivity index (χ1) is 10.1. The van der Waals surface area contributed by atoms with Gasteiger partial charge in [0.05, 0.1) is 13.2 Å². The van der Waals surface area contributed by atoms with Gasteiger partial charge in [-0.1, -0.05) is 13.0 Å². The maximum atomic E-state index is 12.2. The van der Waals surface area contributed by atoms with Gasteiger partial charge in [0, 0.05) is 25.8 Å². The molecule has 1 aromatic heterocycles. The molecule has 0 radical (unpaired) electrons. The quantitative estimate of drug-likeness (QED) is 0.695. The Kier molecular flexibility index (Phi) is 6.07. The summed E-state index contributed by atoms with van der Waals surface area (Å²) in [6.07, 6.45) is 2.65. The van der Waals surface area contributed by atoms with E-state index in [0.717, 1.165) is 18.5 Å². The van der Waals surface area contributed by atoms with E-state index in [1.165, 1.54) is 6.07 Å². The molecule has 0 saturated carbocycles. The van der Waals surface area contributed by atoms with Crippen LogP contribution in [0.25, 0.3) is 0 Å². The normalized spacial score (nSPS) is 17.0. The third kappa shape index (κ3) is 5.01. The van der Waals surface area contributed by atoms with Gasteiger partial charge in [-0.2, -0.15) is 0 Å². The summed E-state index contributed by atoms with van der Waals surface area (Å²) in [6, 6.07) is 3.31. The van der Waals surface area contributed by atoms with Gasteiger partial charge in [0.15, 0.2) is 5.03 Å². The topological polar surface area (TPSA) is 83.6 Å². The van der Waals surface area contributed by atoms with Gasteiger partial charge in [0.1, 0.15) is 0 Å². The summed E-state index contributed by atoms with van der Waals surface area (Å²) in [5.41, 5.74) is 0.966. The number of aromatic nitrogens is 1. The summed E-state index contributed by atoms with van der Waals surface area (Å²) in [7, 11) is -3.61. The predicted molar refractivity (Wildman–Crippen MR) is 78.9 cm³/mol. The van der Waals surface area contributed by atoms with Crippen molar-refractivity contribution in [1.29, 1.82) is 0 Å². The highest BCUT2D eigenvalue weighted by Crippen LogP contribution is 2.08. The molecule has 1 fully saturated rings. The van der Waals surface area contributed by atoms with E-state index in [2.05, 4.69) is 22.1 Å². The smallest absolute Gasteiger partial charge is 0.270 e. The molecule has 1 aliphatic heterocycles. The van der Waals surface area contributed by atoms with Crippen LogP contribution in [0.4, 0.5) is 0 Å². The Morgan fingerprint density at radius 1 is 1.33 bits per heavy atom. The van der Waals surface area contributed by atoms with Crippen LogP contribution in [-0.2, 0) is 21.3 Å². The largest absolute Gasteiger partial charge is 0.379 e. The third-order valence-corrected chi connectivity index (χ3v) is 4.38. The lowest BCUT2D eigenvalue weighted by molar-refractivity contribution is 0.0272. The van der Waals surface area contributed by atoms with Crippen LogP contribution in [0.2, 0.25) is 0 Å². The lowest BCUT2D eigenvalue weighted by Crippen LogP contribution is -2.48. The molecule has 1 saturated heterocycles. The Morgan fingerprint density at radius 2 is 2.10 bits per heavy atom. The van der Waals surface area contributed by atoms with Crippen LogP contribution in [0, 0.1) is 0 Å². The van der Waals surface area contributed by atoms with Crippen molar-refractivity contribution in [3.05, 3.63) is 23.9 Å². The maximum Gasteiger partial charge on any atom is 0.270 e. The second kappa shape index (κ2) is 7.81. The van der Waals surface area contributed by atoms with Crippen molar-refractivity contribution in [2.75, 3.05) is 32.8 Å². The van der Waals surface area contributed by atoms with Crippen molar-refractivity contribution in [2.45, 2.75) is 24.9 Å². The van der Waals surface area contributed by atoms with E-state index in [9.17, 15) is 8.42 Å². The molecule has 2 N–H and O–H groups in total. The van der Waals surface area contributed by atoms with Crippen molar-refractivity contribution in [3.8, 4) is 0 Å². The van der Waals surface area contributed by atoms with Crippen molar-refractivity contribution >= 4 is 10.0 Å². The van der Waals surface area contributed by atoms with Gasteiger partial charge in [-0.3, -0.25) is 0 Å². The van der Waals surface area contributed by atoms with Gasteiger partial charge in [-0.15, -0.1) is 4.83 Å². The zero-order valence-corrected chi connectivity index (χ0v) is 13.0. The number of nitrogens with one attached hydrogen (secondary N) is 2. The molecule has 2 heterocycles. The summed E-state index contributed by atoms with van der Waals surface area (Å²) >= 11 is 0. The number of hydrogen-bond acceptors (Lipinski definition) is 6. The zero-order chi connectivity index (χ0) is 15.1. The average Bonchev–Trinajstić information content (AvgIpc) is 2.49. The first-order valence-electron chi connectivity index (χ1n) is 7.12. The van der Waals surface area contributed by atoms with Gasteiger partial charge in [0.2, 0.25) is 0 Å². The summed E-state index contributed by atoms with van der Waals surface area (Å²) in [5, 5.41) is 4.92. The minimum Gasteiger partial charge on any atom is -0.379 e. The fraction of sp³-hybridized carbons (Fsp3) is 0.615. The fourth-order valence-corrected chi connectivity index (χ4v) is 3.01. The molecule has 0 atom stereocenters. The highest BCUT2D eigenvalue weighted by atomic mass is 32.2. The van der Waals surface area contributed by atoms with Crippen LogP contribution in [0.3, 0.4) is 0 Å². The number of ether oxygens (including phenoxy) is 1. The Bertz CT molecular complexity index is 527. The van der Waals surface area contributed by atoms with Crippen LogP contribution in [0.5, 0.6) is 0 Å². The molecule has 2 rings (SSSR count). The first-order valence-corrected chi connectivity index (χ1v) is 8.61. The van der Waals surface area contributed by atoms with Crippen LogP contribution in [-0.4, -0.2) is 51.3 Å². The average molecular weight is 314 g/mol. The first kappa shape index (κ1) is 16.3. The molecule has 7 nitrogen and oxygen atoms in total. The van der Waals surface area contributed by atoms with E-state index in [0.29, 0.717) is 32.8 Å². The molecule has 0 aromatic carbocycles. The molecule has 0 amide bonds. The summed E-state index contributed by atoms with van der Waals surface area (Å²) in [6.45, 7) is 5.85.